The average Bonchev–Trinajstić information content (AvgIpc) is 2.94. The van der Waals surface area contributed by atoms with E-state index in [1.165, 1.54) is 0 Å². The van der Waals surface area contributed by atoms with Crippen LogP contribution in [0, 0.1) is 0 Å². The molecule has 0 unspecified atom stereocenters. The summed E-state index contributed by atoms with van der Waals surface area (Å²) in [5.74, 6) is -0.573. The third kappa shape index (κ3) is 3.91. The highest BCUT2D eigenvalue weighted by atomic mass is 79.9. The second-order valence-electron chi connectivity index (χ2n) is 6.79. The van der Waals surface area contributed by atoms with Crippen LogP contribution in [0.15, 0.2) is 48.5 Å². The van der Waals surface area contributed by atoms with Gasteiger partial charge in [0.05, 0.1) is 0 Å². The number of hydrogen-bond acceptors (Lipinski definition) is 1. The first kappa shape index (κ1) is 19.9. The van der Waals surface area contributed by atoms with E-state index in [0.717, 1.165) is 46.8 Å². The number of benzene rings is 2. The quantitative estimate of drug-likeness (QED) is 0.442. The number of rotatable bonds is 7. The van der Waals surface area contributed by atoms with E-state index in [4.69, 9.17) is 0 Å². The number of carbonyl (C=O) groups is 1. The van der Waals surface area contributed by atoms with Crippen LogP contribution in [0.2, 0.25) is 0 Å². The number of amides is 1. The minimum atomic E-state index is -4.44. The molecule has 0 radical (unpaired) electrons. The van der Waals surface area contributed by atoms with Crippen LogP contribution in [0.1, 0.15) is 36.8 Å². The van der Waals surface area contributed by atoms with Crippen LogP contribution in [0.5, 0.6) is 0 Å². The molecule has 1 aliphatic rings. The molecule has 0 aromatic heterocycles. The predicted molar refractivity (Wildman–Crippen MR) is 104 cm³/mol. The Morgan fingerprint density at radius 2 is 1.48 bits per heavy atom. The molecular formula is C21H21BrF3NO. The molecule has 0 heterocycles. The van der Waals surface area contributed by atoms with Crippen LogP contribution in [-0.2, 0) is 10.2 Å². The third-order valence-corrected chi connectivity index (χ3v) is 5.65. The Bertz CT molecular complexity index is 774. The van der Waals surface area contributed by atoms with Gasteiger partial charge in [-0.3, -0.25) is 4.79 Å². The third-order valence-electron chi connectivity index (χ3n) is 5.09. The maximum atomic E-state index is 13.2. The molecule has 0 saturated carbocycles. The van der Waals surface area contributed by atoms with Crippen molar-refractivity contribution >= 4 is 21.8 Å². The van der Waals surface area contributed by atoms with Crippen LogP contribution >= 0.6 is 15.9 Å². The van der Waals surface area contributed by atoms with E-state index in [9.17, 15) is 18.0 Å². The molecule has 1 N–H and O–H groups in total. The average molecular weight is 440 g/mol. The van der Waals surface area contributed by atoms with Gasteiger partial charge in [0.25, 0.3) is 0 Å². The highest BCUT2D eigenvalue weighted by Gasteiger charge is 2.49. The van der Waals surface area contributed by atoms with Crippen molar-refractivity contribution in [2.45, 2.75) is 37.3 Å². The van der Waals surface area contributed by atoms with Crippen molar-refractivity contribution in [1.82, 2.24) is 5.32 Å². The molecule has 27 heavy (non-hydrogen) atoms. The van der Waals surface area contributed by atoms with Crippen LogP contribution in [0.3, 0.4) is 0 Å². The van der Waals surface area contributed by atoms with Gasteiger partial charge < -0.3 is 5.32 Å². The van der Waals surface area contributed by atoms with Crippen molar-refractivity contribution in [2.24, 2.45) is 0 Å². The van der Waals surface area contributed by atoms with Crippen molar-refractivity contribution < 1.29 is 18.0 Å². The molecule has 2 aromatic carbocycles. The number of fused-ring (bicyclic) bond motifs is 3. The Balaban J connectivity index is 2.05. The van der Waals surface area contributed by atoms with E-state index >= 15 is 0 Å². The predicted octanol–water partition coefficient (Wildman–Crippen LogP) is 5.59. The Hall–Kier alpha value is -1.82. The normalized spacial score (nSPS) is 14.5. The zero-order chi connectivity index (χ0) is 19.5. The SMILES string of the molecule is O=C(NCC(F)(F)F)C1(CCCCCBr)c2ccccc2-c2ccccc21. The minimum absolute atomic E-state index is 0.484. The zero-order valence-corrected chi connectivity index (χ0v) is 16.4. The summed E-state index contributed by atoms with van der Waals surface area (Å²) in [4.78, 5) is 13.2. The van der Waals surface area contributed by atoms with Gasteiger partial charge in [-0.1, -0.05) is 77.3 Å². The van der Waals surface area contributed by atoms with Crippen LogP contribution in [-0.4, -0.2) is 24.0 Å². The number of nitrogens with one attached hydrogen (secondary N) is 1. The Labute approximate surface area is 165 Å². The highest BCUT2D eigenvalue weighted by molar-refractivity contribution is 9.09. The summed E-state index contributed by atoms with van der Waals surface area (Å²) in [6.07, 6.45) is -1.33. The lowest BCUT2D eigenvalue weighted by atomic mass is 9.73. The summed E-state index contributed by atoms with van der Waals surface area (Å²) in [5, 5.41) is 3.02. The monoisotopic (exact) mass is 439 g/mol. The molecule has 1 aliphatic carbocycles. The van der Waals surface area contributed by atoms with Crippen molar-refractivity contribution in [3.8, 4) is 11.1 Å². The fraction of sp³-hybridized carbons (Fsp3) is 0.381. The van der Waals surface area contributed by atoms with Crippen molar-refractivity contribution in [2.75, 3.05) is 11.9 Å². The molecule has 6 heteroatoms. The summed E-state index contributed by atoms with van der Waals surface area (Å²) in [6.45, 7) is -1.32. The lowest BCUT2D eigenvalue weighted by Crippen LogP contribution is -2.47. The first-order valence-electron chi connectivity index (χ1n) is 9.00. The van der Waals surface area contributed by atoms with Gasteiger partial charge in [-0.25, -0.2) is 0 Å². The molecule has 144 valence electrons. The molecule has 2 aromatic rings. The lowest BCUT2D eigenvalue weighted by Gasteiger charge is -2.31. The van der Waals surface area contributed by atoms with Crippen molar-refractivity contribution in [1.29, 1.82) is 0 Å². The first-order chi connectivity index (χ1) is 12.9. The van der Waals surface area contributed by atoms with E-state index in [1.54, 1.807) is 0 Å². The number of hydrogen-bond donors (Lipinski definition) is 1. The molecular weight excluding hydrogens is 419 g/mol. The van der Waals surface area contributed by atoms with Gasteiger partial charge in [0.1, 0.15) is 12.0 Å². The topological polar surface area (TPSA) is 29.1 Å². The first-order valence-corrected chi connectivity index (χ1v) is 10.1. The Morgan fingerprint density at radius 1 is 0.926 bits per heavy atom. The Kier molecular flexibility index (Phi) is 5.94. The molecule has 0 atom stereocenters. The summed E-state index contributed by atoms with van der Waals surface area (Å²) in [6, 6.07) is 15.1. The molecule has 0 fully saturated rings. The standard InChI is InChI=1S/C21H21BrF3NO/c22-13-7-1-6-12-20(19(27)26-14-21(23,24)25)17-10-4-2-8-15(17)16-9-3-5-11-18(16)20/h2-5,8-11H,1,6-7,12-14H2,(H,26,27). The fourth-order valence-electron chi connectivity index (χ4n) is 3.95. The van der Waals surface area contributed by atoms with Crippen LogP contribution in [0.4, 0.5) is 13.2 Å². The smallest absolute Gasteiger partial charge is 0.346 e. The number of carbonyl (C=O) groups excluding carboxylic acids is 1. The number of halogens is 4. The molecule has 0 aliphatic heterocycles. The van der Waals surface area contributed by atoms with E-state index in [0.29, 0.717) is 6.42 Å². The highest BCUT2D eigenvalue weighted by Crippen LogP contribution is 2.51. The van der Waals surface area contributed by atoms with Crippen LogP contribution in [0.25, 0.3) is 11.1 Å². The zero-order valence-electron chi connectivity index (χ0n) is 14.8. The van der Waals surface area contributed by atoms with Gasteiger partial charge in [-0.2, -0.15) is 13.2 Å². The minimum Gasteiger partial charge on any atom is -0.346 e. The van der Waals surface area contributed by atoms with E-state index in [1.807, 2.05) is 48.5 Å². The molecule has 0 saturated heterocycles. The van der Waals surface area contributed by atoms with E-state index < -0.39 is 24.0 Å². The summed E-state index contributed by atoms with van der Waals surface area (Å²) < 4.78 is 38.3. The molecule has 0 bridgehead atoms. The van der Waals surface area contributed by atoms with Crippen molar-refractivity contribution in [3.63, 3.8) is 0 Å². The van der Waals surface area contributed by atoms with Gasteiger partial charge in [-0.15, -0.1) is 0 Å². The summed E-state index contributed by atoms with van der Waals surface area (Å²) in [5.41, 5.74) is 2.37. The summed E-state index contributed by atoms with van der Waals surface area (Å²) >= 11 is 3.40. The second-order valence-corrected chi connectivity index (χ2v) is 7.59. The van der Waals surface area contributed by atoms with Crippen molar-refractivity contribution in [3.05, 3.63) is 59.7 Å². The largest absolute Gasteiger partial charge is 0.405 e. The molecule has 1 amide bonds. The fourth-order valence-corrected chi connectivity index (χ4v) is 4.34. The second kappa shape index (κ2) is 8.05. The summed E-state index contributed by atoms with van der Waals surface area (Å²) in [7, 11) is 0. The van der Waals surface area contributed by atoms with Gasteiger partial charge >= 0.3 is 6.18 Å². The molecule has 2 nitrogen and oxygen atoms in total. The molecule has 0 spiro atoms. The van der Waals surface area contributed by atoms with Crippen LogP contribution < -0.4 is 5.32 Å². The number of unbranched alkanes of at least 4 members (excludes halogenated alkanes) is 2. The van der Waals surface area contributed by atoms with Gasteiger partial charge in [-0.05, 0) is 35.1 Å². The Morgan fingerprint density at radius 3 is 2.00 bits per heavy atom. The maximum absolute atomic E-state index is 13.2. The van der Waals surface area contributed by atoms with E-state index in [-0.39, 0.29) is 0 Å². The molecule has 3 rings (SSSR count). The van der Waals surface area contributed by atoms with E-state index in [2.05, 4.69) is 21.2 Å². The number of alkyl halides is 4. The van der Waals surface area contributed by atoms with Gasteiger partial charge in [0.15, 0.2) is 0 Å². The van der Waals surface area contributed by atoms with Gasteiger partial charge in [0.2, 0.25) is 5.91 Å². The van der Waals surface area contributed by atoms with Gasteiger partial charge in [0, 0.05) is 5.33 Å². The lowest BCUT2D eigenvalue weighted by molar-refractivity contribution is -0.141. The maximum Gasteiger partial charge on any atom is 0.405 e.